The maximum Gasteiger partial charge on any atom is 0.251 e. The van der Waals surface area contributed by atoms with Crippen LogP contribution in [-0.4, -0.2) is 38.8 Å². The van der Waals surface area contributed by atoms with E-state index in [1.54, 1.807) is 12.1 Å². The number of amides is 1. The number of para-hydroxylation sites is 1. The van der Waals surface area contributed by atoms with Gasteiger partial charge in [0.05, 0.1) is 11.0 Å². The van der Waals surface area contributed by atoms with Gasteiger partial charge in [0.2, 0.25) is 10.0 Å². The second kappa shape index (κ2) is 8.75. The topological polar surface area (TPSA) is 75.7 Å². The molecule has 7 heteroatoms. The van der Waals surface area contributed by atoms with E-state index in [1.165, 1.54) is 39.1 Å². The Morgan fingerprint density at radius 2 is 1.82 bits per heavy atom. The molecule has 3 rings (SSSR count). The third-order valence-corrected chi connectivity index (χ3v) is 6.69. The van der Waals surface area contributed by atoms with E-state index in [9.17, 15) is 13.2 Å². The van der Waals surface area contributed by atoms with E-state index in [0.29, 0.717) is 12.1 Å². The average molecular weight is 403 g/mol. The molecule has 6 nitrogen and oxygen atoms in total. The first-order valence-corrected chi connectivity index (χ1v) is 10.9. The maximum atomic E-state index is 12.6. The number of benzene rings is 2. The Bertz CT molecular complexity index is 935. The molecule has 0 aromatic heterocycles. The molecule has 0 aliphatic heterocycles. The van der Waals surface area contributed by atoms with Gasteiger partial charge in [-0.2, -0.15) is 0 Å². The molecule has 150 valence electrons. The Balaban J connectivity index is 1.70. The van der Waals surface area contributed by atoms with Crippen molar-refractivity contribution in [3.05, 3.63) is 59.7 Å². The summed E-state index contributed by atoms with van der Waals surface area (Å²) in [7, 11) is -0.664. The summed E-state index contributed by atoms with van der Waals surface area (Å²) in [5.74, 6) is 0.463. The molecule has 0 unspecified atom stereocenters. The predicted molar refractivity (Wildman–Crippen MR) is 108 cm³/mol. The lowest BCUT2D eigenvalue weighted by molar-refractivity contribution is 0.0950. The summed E-state index contributed by atoms with van der Waals surface area (Å²) in [6.45, 7) is 0.312. The van der Waals surface area contributed by atoms with Crippen LogP contribution in [0.3, 0.4) is 0 Å². The summed E-state index contributed by atoms with van der Waals surface area (Å²) in [5.41, 5.74) is 1.21. The van der Waals surface area contributed by atoms with E-state index in [1.807, 2.05) is 24.3 Å². The largest absolute Gasteiger partial charge is 0.490 e. The molecule has 0 heterocycles. The summed E-state index contributed by atoms with van der Waals surface area (Å²) < 4.78 is 31.8. The van der Waals surface area contributed by atoms with Gasteiger partial charge in [-0.25, -0.2) is 12.7 Å². The highest BCUT2D eigenvalue weighted by Crippen LogP contribution is 2.26. The van der Waals surface area contributed by atoms with E-state index < -0.39 is 10.0 Å². The van der Waals surface area contributed by atoms with Gasteiger partial charge in [0.1, 0.15) is 5.75 Å². The van der Waals surface area contributed by atoms with Crippen LogP contribution in [0.1, 0.15) is 41.6 Å². The van der Waals surface area contributed by atoms with E-state index >= 15 is 0 Å². The molecular weight excluding hydrogens is 376 g/mol. The second-order valence-electron chi connectivity index (χ2n) is 7.13. The lowest BCUT2D eigenvalue weighted by Gasteiger charge is -2.17. The number of nitrogens with one attached hydrogen (secondary N) is 1. The van der Waals surface area contributed by atoms with Gasteiger partial charge in [-0.15, -0.1) is 0 Å². The maximum absolute atomic E-state index is 12.6. The summed E-state index contributed by atoms with van der Waals surface area (Å²) in [5, 5.41) is 2.86. The third-order valence-electron chi connectivity index (χ3n) is 4.88. The number of ether oxygens (including phenoxy) is 1. The first-order valence-electron chi connectivity index (χ1n) is 9.43. The van der Waals surface area contributed by atoms with Crippen LogP contribution in [0.5, 0.6) is 5.75 Å². The van der Waals surface area contributed by atoms with E-state index in [-0.39, 0.29) is 16.9 Å². The average Bonchev–Trinajstić information content (AvgIpc) is 3.20. The van der Waals surface area contributed by atoms with Crippen molar-refractivity contribution < 1.29 is 17.9 Å². The van der Waals surface area contributed by atoms with Gasteiger partial charge < -0.3 is 10.1 Å². The number of hydrogen-bond donors (Lipinski definition) is 1. The number of hydrogen-bond acceptors (Lipinski definition) is 4. The lowest BCUT2D eigenvalue weighted by Crippen LogP contribution is -2.25. The summed E-state index contributed by atoms with van der Waals surface area (Å²) >= 11 is 0. The Morgan fingerprint density at radius 3 is 2.54 bits per heavy atom. The quantitative estimate of drug-likeness (QED) is 0.772. The molecule has 0 atom stereocenters. The van der Waals surface area contributed by atoms with Gasteiger partial charge in [0.25, 0.3) is 5.91 Å². The highest BCUT2D eigenvalue weighted by Gasteiger charge is 2.20. The fourth-order valence-corrected chi connectivity index (χ4v) is 4.18. The Morgan fingerprint density at radius 1 is 1.11 bits per heavy atom. The van der Waals surface area contributed by atoms with Crippen LogP contribution >= 0.6 is 0 Å². The highest BCUT2D eigenvalue weighted by molar-refractivity contribution is 7.89. The van der Waals surface area contributed by atoms with Gasteiger partial charge >= 0.3 is 0 Å². The number of sulfonamides is 1. The Hall–Kier alpha value is -2.38. The molecule has 1 aliphatic carbocycles. The smallest absolute Gasteiger partial charge is 0.251 e. The lowest BCUT2D eigenvalue weighted by atomic mass is 10.1. The first-order chi connectivity index (χ1) is 13.4. The molecule has 1 saturated carbocycles. The molecule has 1 N–H and O–H groups in total. The van der Waals surface area contributed by atoms with Crippen LogP contribution < -0.4 is 10.1 Å². The molecular formula is C21H26N2O4S. The first kappa shape index (κ1) is 20.4. The minimum Gasteiger partial charge on any atom is -0.490 e. The minimum absolute atomic E-state index is 0.0927. The predicted octanol–water partition coefficient (Wildman–Crippen LogP) is 3.19. The molecule has 1 amide bonds. The van der Waals surface area contributed by atoms with Crippen LogP contribution in [0, 0.1) is 0 Å². The number of carbonyl (C=O) groups excluding carboxylic acids is 1. The van der Waals surface area contributed by atoms with Crippen molar-refractivity contribution in [3.63, 3.8) is 0 Å². The van der Waals surface area contributed by atoms with Crippen LogP contribution in [0.2, 0.25) is 0 Å². The van der Waals surface area contributed by atoms with Crippen molar-refractivity contribution in [2.45, 2.75) is 43.2 Å². The van der Waals surface area contributed by atoms with Gasteiger partial charge in [-0.1, -0.05) is 24.3 Å². The molecule has 0 saturated heterocycles. The van der Waals surface area contributed by atoms with Crippen LogP contribution in [0.15, 0.2) is 53.4 Å². The molecule has 2 aromatic rings. The fraction of sp³-hybridized carbons (Fsp3) is 0.381. The minimum atomic E-state index is -3.59. The van der Waals surface area contributed by atoms with Gasteiger partial charge in [-0.05, 0) is 49.9 Å². The molecule has 0 bridgehead atoms. The zero-order valence-electron chi connectivity index (χ0n) is 16.2. The monoisotopic (exact) mass is 402 g/mol. The molecule has 0 spiro atoms. The zero-order chi connectivity index (χ0) is 20.1. The Labute approximate surface area is 166 Å². The van der Waals surface area contributed by atoms with Gasteiger partial charge in [-0.3, -0.25) is 4.79 Å². The van der Waals surface area contributed by atoms with Crippen molar-refractivity contribution in [2.75, 3.05) is 14.1 Å². The highest BCUT2D eigenvalue weighted by atomic mass is 32.2. The van der Waals surface area contributed by atoms with Crippen molar-refractivity contribution >= 4 is 15.9 Å². The van der Waals surface area contributed by atoms with E-state index in [0.717, 1.165) is 28.5 Å². The van der Waals surface area contributed by atoms with Crippen LogP contribution in [0.4, 0.5) is 0 Å². The zero-order valence-corrected chi connectivity index (χ0v) is 17.0. The van der Waals surface area contributed by atoms with E-state index in [4.69, 9.17) is 4.74 Å². The van der Waals surface area contributed by atoms with Crippen molar-refractivity contribution in [2.24, 2.45) is 0 Å². The van der Waals surface area contributed by atoms with Crippen LogP contribution in [-0.2, 0) is 16.6 Å². The fourth-order valence-electron chi connectivity index (χ4n) is 3.24. The van der Waals surface area contributed by atoms with Crippen molar-refractivity contribution in [1.29, 1.82) is 0 Å². The second-order valence-corrected chi connectivity index (χ2v) is 9.28. The third kappa shape index (κ3) is 4.72. The van der Waals surface area contributed by atoms with Gasteiger partial charge in [0.15, 0.2) is 0 Å². The SMILES string of the molecule is CN(C)S(=O)(=O)c1cccc(C(=O)NCc2ccccc2OC2CCCC2)c1. The normalized spacial score (nSPS) is 15.0. The summed E-state index contributed by atoms with van der Waals surface area (Å²) in [6.07, 6.45) is 4.75. The standard InChI is InChI=1S/C21H26N2O4S/c1-23(2)28(25,26)19-12-7-9-16(14-19)21(24)22-15-17-8-3-6-13-20(17)27-18-10-4-5-11-18/h3,6-9,12-14,18H,4-5,10-11,15H2,1-2H3,(H,22,24). The van der Waals surface area contributed by atoms with E-state index in [2.05, 4.69) is 5.32 Å². The van der Waals surface area contributed by atoms with Crippen LogP contribution in [0.25, 0.3) is 0 Å². The molecule has 0 radical (unpaired) electrons. The summed E-state index contributed by atoms with van der Waals surface area (Å²) in [6, 6.07) is 13.7. The van der Waals surface area contributed by atoms with Crippen molar-refractivity contribution in [3.8, 4) is 5.75 Å². The van der Waals surface area contributed by atoms with Crippen molar-refractivity contribution in [1.82, 2.24) is 9.62 Å². The summed E-state index contributed by atoms with van der Waals surface area (Å²) in [4.78, 5) is 12.7. The molecule has 1 fully saturated rings. The Kier molecular flexibility index (Phi) is 6.36. The number of nitrogens with zero attached hydrogens (tertiary/aromatic N) is 1. The number of rotatable bonds is 7. The molecule has 28 heavy (non-hydrogen) atoms. The van der Waals surface area contributed by atoms with Gasteiger partial charge in [0, 0.05) is 31.8 Å². The molecule has 2 aromatic carbocycles. The number of carbonyl (C=O) groups is 1. The molecule has 1 aliphatic rings.